The second kappa shape index (κ2) is 7.08. The molecule has 0 aliphatic carbocycles. The second-order valence-corrected chi connectivity index (χ2v) is 5.98. The van der Waals surface area contributed by atoms with Crippen molar-refractivity contribution in [3.63, 3.8) is 0 Å². The summed E-state index contributed by atoms with van der Waals surface area (Å²) in [6, 6.07) is 3.52. The number of carbonyl (C=O) groups is 1. The molecule has 1 aromatic rings. The van der Waals surface area contributed by atoms with Crippen molar-refractivity contribution in [1.82, 2.24) is 4.90 Å². The highest BCUT2D eigenvalue weighted by molar-refractivity contribution is 8.04. The molecule has 1 rings (SSSR count). The van der Waals surface area contributed by atoms with Crippen LogP contribution in [0.15, 0.2) is 28.1 Å². The molecule has 0 saturated carbocycles. The molecule has 0 bridgehead atoms. The number of rotatable bonds is 4. The maximum Gasteiger partial charge on any atom is 0.346 e. The number of esters is 1. The number of nitrogens with zero attached hydrogens (tertiary/aromatic N) is 1. The molecule has 6 heteroatoms. The van der Waals surface area contributed by atoms with Crippen LogP contribution >= 0.6 is 35.0 Å². The zero-order valence-corrected chi connectivity index (χ0v) is 13.5. The van der Waals surface area contributed by atoms with E-state index in [1.165, 1.54) is 18.9 Å². The molecule has 3 nitrogen and oxygen atoms in total. The van der Waals surface area contributed by atoms with E-state index in [-0.39, 0.29) is 0 Å². The molecule has 0 aliphatic rings. The van der Waals surface area contributed by atoms with Crippen LogP contribution in [0.5, 0.6) is 0 Å². The van der Waals surface area contributed by atoms with Crippen LogP contribution < -0.4 is 0 Å². The number of ether oxygens (including phenoxy) is 1. The molecule has 0 heterocycles. The van der Waals surface area contributed by atoms with Gasteiger partial charge in [0.15, 0.2) is 0 Å². The Balaban J connectivity index is 3.10. The van der Waals surface area contributed by atoms with Crippen LogP contribution in [-0.4, -0.2) is 32.1 Å². The van der Waals surface area contributed by atoms with Crippen LogP contribution in [0.1, 0.15) is 5.56 Å². The standard InChI is InChI=1S/C13H15Cl2NO2S/c1-8-5-11(10(15)6-9(8)14)19-12(7-16(2)3)13(17)18-4/h5-7H,1-4H3/b12-7+. The number of methoxy groups -OCH3 is 1. The maximum atomic E-state index is 11.7. The van der Waals surface area contributed by atoms with Gasteiger partial charge in [-0.1, -0.05) is 35.0 Å². The summed E-state index contributed by atoms with van der Waals surface area (Å²) in [6.07, 6.45) is 1.69. The van der Waals surface area contributed by atoms with Crippen molar-refractivity contribution in [2.24, 2.45) is 0 Å². The smallest absolute Gasteiger partial charge is 0.346 e. The molecule has 1 aromatic carbocycles. The zero-order chi connectivity index (χ0) is 14.6. The summed E-state index contributed by atoms with van der Waals surface area (Å²) < 4.78 is 4.76. The van der Waals surface area contributed by atoms with E-state index < -0.39 is 5.97 Å². The van der Waals surface area contributed by atoms with Gasteiger partial charge in [0.25, 0.3) is 0 Å². The minimum absolute atomic E-state index is 0.401. The molecule has 0 unspecified atom stereocenters. The molecule has 0 saturated heterocycles. The van der Waals surface area contributed by atoms with E-state index in [4.69, 9.17) is 27.9 Å². The molecule has 0 radical (unpaired) electrons. The number of halogens is 2. The highest BCUT2D eigenvalue weighted by Crippen LogP contribution is 2.36. The lowest BCUT2D eigenvalue weighted by Crippen LogP contribution is -2.08. The summed E-state index contributed by atoms with van der Waals surface area (Å²) >= 11 is 13.4. The predicted octanol–water partition coefficient (Wildman–Crippen LogP) is 3.97. The topological polar surface area (TPSA) is 29.5 Å². The van der Waals surface area contributed by atoms with Gasteiger partial charge in [-0.25, -0.2) is 4.79 Å². The second-order valence-electron chi connectivity index (χ2n) is 4.08. The summed E-state index contributed by atoms with van der Waals surface area (Å²) in [5, 5.41) is 1.11. The van der Waals surface area contributed by atoms with Crippen LogP contribution in [-0.2, 0) is 9.53 Å². The van der Waals surface area contributed by atoms with Crippen molar-refractivity contribution < 1.29 is 9.53 Å². The quantitative estimate of drug-likeness (QED) is 0.477. The first kappa shape index (κ1) is 16.2. The van der Waals surface area contributed by atoms with E-state index >= 15 is 0 Å². The summed E-state index contributed by atoms with van der Waals surface area (Å²) in [7, 11) is 5.01. The third kappa shape index (κ3) is 4.64. The average Bonchev–Trinajstić information content (AvgIpc) is 2.33. The largest absolute Gasteiger partial charge is 0.465 e. The van der Waals surface area contributed by atoms with Gasteiger partial charge in [-0.3, -0.25) is 0 Å². The molecule has 0 fully saturated rings. The first-order valence-corrected chi connectivity index (χ1v) is 7.02. The van der Waals surface area contributed by atoms with E-state index in [2.05, 4.69) is 0 Å². The summed E-state index contributed by atoms with van der Waals surface area (Å²) in [4.78, 5) is 14.7. The molecule has 104 valence electrons. The molecule has 19 heavy (non-hydrogen) atoms. The van der Waals surface area contributed by atoms with E-state index in [1.54, 1.807) is 17.2 Å². The fraction of sp³-hybridized carbons (Fsp3) is 0.308. The van der Waals surface area contributed by atoms with E-state index in [1.807, 2.05) is 27.1 Å². The number of hydrogen-bond acceptors (Lipinski definition) is 4. The van der Waals surface area contributed by atoms with Gasteiger partial charge in [0.2, 0.25) is 0 Å². The first-order chi connectivity index (χ1) is 8.85. The van der Waals surface area contributed by atoms with Gasteiger partial charge in [-0.15, -0.1) is 0 Å². The van der Waals surface area contributed by atoms with Gasteiger partial charge in [0.1, 0.15) is 4.91 Å². The highest BCUT2D eigenvalue weighted by Gasteiger charge is 2.15. The monoisotopic (exact) mass is 319 g/mol. The number of benzene rings is 1. The van der Waals surface area contributed by atoms with Crippen molar-refractivity contribution in [1.29, 1.82) is 0 Å². The minimum Gasteiger partial charge on any atom is -0.465 e. The van der Waals surface area contributed by atoms with Crippen molar-refractivity contribution in [2.75, 3.05) is 21.2 Å². The summed E-state index contributed by atoms with van der Waals surface area (Å²) in [5.41, 5.74) is 0.905. The normalized spacial score (nSPS) is 11.4. The third-order valence-electron chi connectivity index (χ3n) is 2.20. The Bertz CT molecular complexity index is 516. The van der Waals surface area contributed by atoms with Crippen LogP contribution in [0.25, 0.3) is 0 Å². The number of thioether (sulfide) groups is 1. The number of aryl methyl sites for hydroxylation is 1. The molecule has 0 aromatic heterocycles. The van der Waals surface area contributed by atoms with Crippen LogP contribution in [0.3, 0.4) is 0 Å². The minimum atomic E-state index is -0.401. The number of carbonyl (C=O) groups excluding carboxylic acids is 1. The lowest BCUT2D eigenvalue weighted by atomic mass is 10.2. The SMILES string of the molecule is COC(=O)/C(=C\N(C)C)Sc1cc(C)c(Cl)cc1Cl. The van der Waals surface area contributed by atoms with Crippen LogP contribution in [0.4, 0.5) is 0 Å². The molecule has 0 spiro atoms. The fourth-order valence-corrected chi connectivity index (χ4v) is 2.84. The van der Waals surface area contributed by atoms with Crippen molar-refractivity contribution in [3.05, 3.63) is 38.8 Å². The van der Waals surface area contributed by atoms with Gasteiger partial charge >= 0.3 is 5.97 Å². The van der Waals surface area contributed by atoms with Gasteiger partial charge in [0, 0.05) is 30.2 Å². The van der Waals surface area contributed by atoms with Gasteiger partial charge in [-0.05, 0) is 24.6 Å². The molecular weight excluding hydrogens is 305 g/mol. The van der Waals surface area contributed by atoms with Crippen molar-refractivity contribution in [2.45, 2.75) is 11.8 Å². The molecular formula is C13H15Cl2NO2S. The Morgan fingerprint density at radius 2 is 1.95 bits per heavy atom. The lowest BCUT2D eigenvalue weighted by Gasteiger charge is -2.12. The van der Waals surface area contributed by atoms with E-state index in [9.17, 15) is 4.79 Å². The van der Waals surface area contributed by atoms with E-state index in [0.717, 1.165) is 10.5 Å². The Hall–Kier alpha value is -0.840. The molecule has 0 aliphatic heterocycles. The first-order valence-electron chi connectivity index (χ1n) is 5.45. The van der Waals surface area contributed by atoms with Crippen LogP contribution in [0.2, 0.25) is 10.0 Å². The summed E-state index contributed by atoms with van der Waals surface area (Å²) in [5.74, 6) is -0.401. The zero-order valence-electron chi connectivity index (χ0n) is 11.2. The number of hydrogen-bond donors (Lipinski definition) is 0. The van der Waals surface area contributed by atoms with Gasteiger partial charge in [-0.2, -0.15) is 0 Å². The van der Waals surface area contributed by atoms with Crippen molar-refractivity contribution in [3.8, 4) is 0 Å². The van der Waals surface area contributed by atoms with Crippen LogP contribution in [0, 0.1) is 6.92 Å². The molecule has 0 N–H and O–H groups in total. The predicted molar refractivity (Wildman–Crippen MR) is 80.8 cm³/mol. The fourth-order valence-electron chi connectivity index (χ4n) is 1.28. The van der Waals surface area contributed by atoms with E-state index in [0.29, 0.717) is 15.0 Å². The Morgan fingerprint density at radius 1 is 1.32 bits per heavy atom. The third-order valence-corrected chi connectivity index (χ3v) is 4.08. The summed E-state index contributed by atoms with van der Waals surface area (Å²) in [6.45, 7) is 1.89. The van der Waals surface area contributed by atoms with Gasteiger partial charge < -0.3 is 9.64 Å². The van der Waals surface area contributed by atoms with Crippen molar-refractivity contribution >= 4 is 40.9 Å². The Labute approximate surface area is 127 Å². The molecule has 0 amide bonds. The highest BCUT2D eigenvalue weighted by atomic mass is 35.5. The van der Waals surface area contributed by atoms with Gasteiger partial charge in [0.05, 0.1) is 12.1 Å². The molecule has 0 atom stereocenters. The Kier molecular flexibility index (Phi) is 6.04. The Morgan fingerprint density at radius 3 is 2.47 bits per heavy atom. The maximum absolute atomic E-state index is 11.7. The lowest BCUT2D eigenvalue weighted by molar-refractivity contribution is -0.135. The average molecular weight is 320 g/mol.